The van der Waals surface area contributed by atoms with Gasteiger partial charge in [0.15, 0.2) is 11.5 Å². The van der Waals surface area contributed by atoms with Crippen molar-refractivity contribution in [3.63, 3.8) is 0 Å². The summed E-state index contributed by atoms with van der Waals surface area (Å²) in [6, 6.07) is 12.3. The highest BCUT2D eigenvalue weighted by Gasteiger charge is 2.32. The topological polar surface area (TPSA) is 73.9 Å². The van der Waals surface area contributed by atoms with Gasteiger partial charge < -0.3 is 19.5 Å². The van der Waals surface area contributed by atoms with Crippen molar-refractivity contribution in [2.75, 3.05) is 18.5 Å². The number of anilines is 1. The minimum atomic E-state index is -0.550. The van der Waals surface area contributed by atoms with Gasteiger partial charge in [-0.3, -0.25) is 4.79 Å². The average molecular weight is 325 g/mol. The molecule has 0 radical (unpaired) electrons. The predicted molar refractivity (Wildman–Crippen MR) is 85.3 cm³/mol. The van der Waals surface area contributed by atoms with Gasteiger partial charge in [-0.15, -0.1) is 0 Å². The van der Waals surface area contributed by atoms with Crippen LogP contribution in [0.25, 0.3) is 0 Å². The van der Waals surface area contributed by atoms with Crippen LogP contribution >= 0.6 is 0 Å². The van der Waals surface area contributed by atoms with Crippen LogP contribution in [-0.2, 0) is 9.53 Å². The molecular formula is C18H15NO5. The zero-order valence-corrected chi connectivity index (χ0v) is 12.8. The quantitative estimate of drug-likeness (QED) is 0.878. The summed E-state index contributed by atoms with van der Waals surface area (Å²) >= 11 is 0. The summed E-state index contributed by atoms with van der Waals surface area (Å²) < 4.78 is 16.2. The van der Waals surface area contributed by atoms with Crippen LogP contribution in [0.4, 0.5) is 5.69 Å². The first-order valence-electron chi connectivity index (χ1n) is 7.70. The van der Waals surface area contributed by atoms with Crippen LogP contribution in [0.5, 0.6) is 11.5 Å². The van der Waals surface area contributed by atoms with Crippen molar-refractivity contribution in [1.29, 1.82) is 0 Å². The summed E-state index contributed by atoms with van der Waals surface area (Å²) in [7, 11) is 0. The Bertz CT molecular complexity index is 817. The first-order chi connectivity index (χ1) is 11.7. The van der Waals surface area contributed by atoms with Crippen LogP contribution < -0.4 is 14.8 Å². The van der Waals surface area contributed by atoms with Gasteiger partial charge in [0.2, 0.25) is 5.91 Å². The molecular weight excluding hydrogens is 310 g/mol. The molecule has 122 valence electrons. The van der Waals surface area contributed by atoms with Crippen LogP contribution in [0.1, 0.15) is 28.4 Å². The molecule has 6 heteroatoms. The van der Waals surface area contributed by atoms with E-state index in [-0.39, 0.29) is 18.3 Å². The lowest BCUT2D eigenvalue weighted by Gasteiger charge is -2.19. The van der Waals surface area contributed by atoms with E-state index in [1.54, 1.807) is 30.3 Å². The van der Waals surface area contributed by atoms with Crippen molar-refractivity contribution >= 4 is 17.6 Å². The Kier molecular flexibility index (Phi) is 3.57. The summed E-state index contributed by atoms with van der Waals surface area (Å²) in [5.41, 5.74) is 1.89. The molecule has 2 aromatic rings. The molecule has 0 aliphatic carbocycles. The molecule has 24 heavy (non-hydrogen) atoms. The summed E-state index contributed by atoms with van der Waals surface area (Å²) in [5, 5.41) is 2.80. The molecule has 2 aliphatic rings. The maximum atomic E-state index is 12.3. The van der Waals surface area contributed by atoms with Crippen molar-refractivity contribution in [2.24, 2.45) is 0 Å². The second-order valence-electron chi connectivity index (χ2n) is 5.59. The average Bonchev–Trinajstić information content (AvgIpc) is 2.91. The third kappa shape index (κ3) is 2.67. The van der Waals surface area contributed by atoms with E-state index in [0.29, 0.717) is 36.0 Å². The fourth-order valence-electron chi connectivity index (χ4n) is 2.87. The summed E-state index contributed by atoms with van der Waals surface area (Å²) in [5.74, 6) is 0.651. The minimum absolute atomic E-state index is 0.0667. The van der Waals surface area contributed by atoms with Crippen LogP contribution in [0.3, 0.4) is 0 Å². The van der Waals surface area contributed by atoms with Crippen molar-refractivity contribution in [3.8, 4) is 11.5 Å². The lowest BCUT2D eigenvalue weighted by Crippen LogP contribution is -2.17. The predicted octanol–water partition coefficient (Wildman–Crippen LogP) is 2.70. The molecule has 1 amide bonds. The number of amides is 1. The first kappa shape index (κ1) is 14.6. The lowest BCUT2D eigenvalue weighted by molar-refractivity contribution is -0.118. The first-order valence-corrected chi connectivity index (χ1v) is 7.70. The molecule has 0 fully saturated rings. The molecule has 2 aliphatic heterocycles. The molecule has 0 aromatic heterocycles. The van der Waals surface area contributed by atoms with Crippen molar-refractivity contribution in [3.05, 3.63) is 53.6 Å². The summed E-state index contributed by atoms with van der Waals surface area (Å²) in [6.07, 6.45) is -0.483. The summed E-state index contributed by atoms with van der Waals surface area (Å²) in [4.78, 5) is 24.1. The SMILES string of the molecule is O=C(C[C@H]1OC(=O)c2ccccc21)Nc1ccc2c(c1)OCCO2. The number of cyclic esters (lactones) is 1. The number of carbonyl (C=O) groups is 2. The smallest absolute Gasteiger partial charge is 0.339 e. The van der Waals surface area contributed by atoms with E-state index >= 15 is 0 Å². The number of fused-ring (bicyclic) bond motifs is 2. The second kappa shape index (κ2) is 5.88. The van der Waals surface area contributed by atoms with E-state index in [2.05, 4.69) is 5.32 Å². The fourth-order valence-corrected chi connectivity index (χ4v) is 2.87. The molecule has 0 saturated heterocycles. The Morgan fingerprint density at radius 3 is 2.75 bits per heavy atom. The van der Waals surface area contributed by atoms with Crippen molar-refractivity contribution in [2.45, 2.75) is 12.5 Å². The highest BCUT2D eigenvalue weighted by molar-refractivity contribution is 5.96. The molecule has 0 spiro atoms. The van der Waals surface area contributed by atoms with Crippen LogP contribution in [0.2, 0.25) is 0 Å². The number of ether oxygens (including phenoxy) is 3. The second-order valence-corrected chi connectivity index (χ2v) is 5.59. The van der Waals surface area contributed by atoms with E-state index in [1.165, 1.54) is 0 Å². The van der Waals surface area contributed by atoms with E-state index in [0.717, 1.165) is 5.56 Å². The molecule has 1 atom stereocenters. The van der Waals surface area contributed by atoms with Gasteiger partial charge in [0.25, 0.3) is 0 Å². The van der Waals surface area contributed by atoms with Crippen LogP contribution in [0, 0.1) is 0 Å². The van der Waals surface area contributed by atoms with Crippen LogP contribution in [-0.4, -0.2) is 25.1 Å². The maximum absolute atomic E-state index is 12.3. The Morgan fingerprint density at radius 2 is 1.88 bits per heavy atom. The molecule has 2 heterocycles. The number of rotatable bonds is 3. The van der Waals surface area contributed by atoms with E-state index < -0.39 is 6.10 Å². The van der Waals surface area contributed by atoms with Gasteiger partial charge in [-0.25, -0.2) is 4.79 Å². The Balaban J connectivity index is 1.45. The number of carbonyl (C=O) groups excluding carboxylic acids is 2. The van der Waals surface area contributed by atoms with E-state index in [9.17, 15) is 9.59 Å². The lowest BCUT2D eigenvalue weighted by atomic mass is 10.0. The Labute approximate surface area is 138 Å². The number of benzene rings is 2. The van der Waals surface area contributed by atoms with Gasteiger partial charge in [-0.2, -0.15) is 0 Å². The van der Waals surface area contributed by atoms with Gasteiger partial charge in [-0.05, 0) is 18.2 Å². The zero-order valence-electron chi connectivity index (χ0n) is 12.8. The third-order valence-electron chi connectivity index (χ3n) is 3.97. The summed E-state index contributed by atoms with van der Waals surface area (Å²) in [6.45, 7) is 1.00. The van der Waals surface area contributed by atoms with Gasteiger partial charge >= 0.3 is 5.97 Å². The minimum Gasteiger partial charge on any atom is -0.486 e. The van der Waals surface area contributed by atoms with Gasteiger partial charge in [0, 0.05) is 17.3 Å². The molecule has 2 aromatic carbocycles. The number of nitrogens with one attached hydrogen (secondary N) is 1. The third-order valence-corrected chi connectivity index (χ3v) is 3.97. The molecule has 0 unspecified atom stereocenters. The molecule has 1 N–H and O–H groups in total. The molecule has 0 bridgehead atoms. The van der Waals surface area contributed by atoms with Crippen molar-refractivity contribution < 1.29 is 23.8 Å². The van der Waals surface area contributed by atoms with E-state index in [4.69, 9.17) is 14.2 Å². The normalized spacial score (nSPS) is 17.8. The zero-order chi connectivity index (χ0) is 16.5. The monoisotopic (exact) mass is 325 g/mol. The van der Waals surface area contributed by atoms with Crippen LogP contribution in [0.15, 0.2) is 42.5 Å². The number of esters is 1. The van der Waals surface area contributed by atoms with E-state index in [1.807, 2.05) is 12.1 Å². The Morgan fingerprint density at radius 1 is 1.08 bits per heavy atom. The largest absolute Gasteiger partial charge is 0.486 e. The number of hydrogen-bond donors (Lipinski definition) is 1. The molecule has 4 rings (SSSR count). The number of hydrogen-bond acceptors (Lipinski definition) is 5. The fraction of sp³-hybridized carbons (Fsp3) is 0.222. The van der Waals surface area contributed by atoms with Gasteiger partial charge in [0.05, 0.1) is 12.0 Å². The molecule has 6 nitrogen and oxygen atoms in total. The van der Waals surface area contributed by atoms with Crippen molar-refractivity contribution in [1.82, 2.24) is 0 Å². The highest BCUT2D eigenvalue weighted by Crippen LogP contribution is 2.34. The molecule has 0 saturated carbocycles. The highest BCUT2D eigenvalue weighted by atomic mass is 16.6. The Hall–Kier alpha value is -3.02. The maximum Gasteiger partial charge on any atom is 0.339 e. The van der Waals surface area contributed by atoms with Gasteiger partial charge in [-0.1, -0.05) is 18.2 Å². The standard InChI is InChI=1S/C18H15NO5/c20-17(10-15-12-3-1-2-4-13(12)18(21)24-15)19-11-5-6-14-16(9-11)23-8-7-22-14/h1-6,9,15H,7-8,10H2,(H,19,20)/t15-/m1/s1. The van der Waals surface area contributed by atoms with Gasteiger partial charge in [0.1, 0.15) is 19.3 Å².